The van der Waals surface area contributed by atoms with E-state index >= 15 is 0 Å². The number of aromatic nitrogens is 3. The Morgan fingerprint density at radius 1 is 1.17 bits per heavy atom. The van der Waals surface area contributed by atoms with Crippen molar-refractivity contribution in [2.24, 2.45) is 0 Å². The molecule has 2 rings (SSSR count). The number of rotatable bonds is 4. The van der Waals surface area contributed by atoms with E-state index < -0.39 is 12.7 Å². The lowest BCUT2D eigenvalue weighted by molar-refractivity contribution is -0.145. The fraction of sp³-hybridized carbons (Fsp3) is 0.273. The third kappa shape index (κ3) is 4.06. The molecule has 0 amide bonds. The second kappa shape index (κ2) is 5.43. The molecule has 0 N–H and O–H groups in total. The number of benzene rings is 1. The van der Waals surface area contributed by atoms with Crippen molar-refractivity contribution in [3.63, 3.8) is 0 Å². The van der Waals surface area contributed by atoms with Crippen molar-refractivity contribution < 1.29 is 13.2 Å². The summed E-state index contributed by atoms with van der Waals surface area (Å²) in [7, 11) is 0. The van der Waals surface area contributed by atoms with Gasteiger partial charge >= 0.3 is 6.18 Å². The molecule has 0 bridgehead atoms. The van der Waals surface area contributed by atoms with Crippen molar-refractivity contribution >= 4 is 11.8 Å². The molecule has 0 saturated carbocycles. The number of thioether (sulfide) groups is 1. The third-order valence-corrected chi connectivity index (χ3v) is 3.03. The summed E-state index contributed by atoms with van der Waals surface area (Å²) in [6, 6.07) is 9.64. The van der Waals surface area contributed by atoms with Gasteiger partial charge < -0.3 is 0 Å². The zero-order valence-electron chi connectivity index (χ0n) is 9.26. The largest absolute Gasteiger partial charge is 0.409 e. The minimum Gasteiger partial charge on any atom is -0.175 e. The number of nitrogens with zero attached hydrogens (tertiary/aromatic N) is 3. The Kier molecular flexibility index (Phi) is 3.90. The van der Waals surface area contributed by atoms with E-state index in [9.17, 15) is 13.2 Å². The first kappa shape index (κ1) is 12.9. The molecule has 1 heterocycles. The second-order valence-electron chi connectivity index (χ2n) is 3.60. The monoisotopic (exact) mass is 273 g/mol. The average molecular weight is 273 g/mol. The summed E-state index contributed by atoms with van der Waals surface area (Å²) in [5, 5.41) is 7.83. The van der Waals surface area contributed by atoms with Crippen LogP contribution in [0.4, 0.5) is 13.2 Å². The zero-order chi connectivity index (χ0) is 13.0. The van der Waals surface area contributed by atoms with E-state index in [-0.39, 0.29) is 0 Å². The summed E-state index contributed by atoms with van der Waals surface area (Å²) < 4.78 is 36.3. The van der Waals surface area contributed by atoms with Gasteiger partial charge in [-0.05, 0) is 5.56 Å². The fourth-order valence-corrected chi connectivity index (χ4v) is 2.10. The first-order valence-corrected chi connectivity index (χ1v) is 6.15. The van der Waals surface area contributed by atoms with Crippen molar-refractivity contribution in [1.82, 2.24) is 15.0 Å². The molecule has 0 aliphatic heterocycles. The predicted molar refractivity (Wildman–Crippen MR) is 62.1 cm³/mol. The van der Waals surface area contributed by atoms with Gasteiger partial charge in [0.15, 0.2) is 6.54 Å². The Bertz CT molecular complexity index is 496. The normalized spacial score (nSPS) is 11.7. The summed E-state index contributed by atoms with van der Waals surface area (Å²) in [5.74, 6) is 0.658. The van der Waals surface area contributed by atoms with Crippen LogP contribution in [0.5, 0.6) is 0 Å². The Hall–Kier alpha value is -1.50. The summed E-state index contributed by atoms with van der Waals surface area (Å²) in [6.45, 7) is -1.15. The Morgan fingerprint density at radius 2 is 1.89 bits per heavy atom. The predicted octanol–water partition coefficient (Wildman–Crippen LogP) is 3.13. The molecule has 0 radical (unpaired) electrons. The first-order valence-electron chi connectivity index (χ1n) is 5.16. The number of alkyl halides is 3. The van der Waals surface area contributed by atoms with Crippen LogP contribution in [-0.4, -0.2) is 21.2 Å². The van der Waals surface area contributed by atoms with E-state index in [1.165, 1.54) is 18.0 Å². The van der Waals surface area contributed by atoms with Gasteiger partial charge in [0.05, 0.1) is 6.20 Å². The van der Waals surface area contributed by atoms with Crippen molar-refractivity contribution in [2.75, 3.05) is 0 Å². The van der Waals surface area contributed by atoms with Crippen molar-refractivity contribution in [1.29, 1.82) is 0 Å². The van der Waals surface area contributed by atoms with Gasteiger partial charge in [-0.15, -0.1) is 5.10 Å². The third-order valence-electron chi connectivity index (χ3n) is 2.07. The summed E-state index contributed by atoms with van der Waals surface area (Å²) >= 11 is 1.36. The Labute approximate surface area is 106 Å². The standard InChI is InChI=1S/C11H10F3N3S/c12-11(13,14)8-17-15-6-10(16-17)18-7-9-4-2-1-3-5-9/h1-6H,7-8H2. The summed E-state index contributed by atoms with van der Waals surface area (Å²) in [6.07, 6.45) is -2.94. The zero-order valence-corrected chi connectivity index (χ0v) is 10.1. The molecule has 7 heteroatoms. The highest BCUT2D eigenvalue weighted by Crippen LogP contribution is 2.21. The van der Waals surface area contributed by atoms with Crippen molar-refractivity contribution in [3.05, 3.63) is 42.1 Å². The van der Waals surface area contributed by atoms with Crippen LogP contribution in [-0.2, 0) is 12.3 Å². The number of hydrogen-bond donors (Lipinski definition) is 0. The molecule has 0 aliphatic rings. The molecule has 0 spiro atoms. The Morgan fingerprint density at radius 3 is 2.56 bits per heavy atom. The second-order valence-corrected chi connectivity index (χ2v) is 4.60. The van der Waals surface area contributed by atoms with Crippen LogP contribution in [0.15, 0.2) is 41.6 Å². The van der Waals surface area contributed by atoms with Crippen LogP contribution < -0.4 is 0 Å². The molecule has 1 aromatic heterocycles. The van der Waals surface area contributed by atoms with Gasteiger partial charge in [-0.1, -0.05) is 42.1 Å². The van der Waals surface area contributed by atoms with Gasteiger partial charge in [0, 0.05) is 5.75 Å². The SMILES string of the molecule is FC(F)(F)Cn1ncc(SCc2ccccc2)n1. The minimum absolute atomic E-state index is 0.489. The molecule has 1 aromatic carbocycles. The molecule has 0 fully saturated rings. The highest BCUT2D eigenvalue weighted by Gasteiger charge is 2.29. The molecule has 18 heavy (non-hydrogen) atoms. The van der Waals surface area contributed by atoms with Gasteiger partial charge in [-0.3, -0.25) is 0 Å². The van der Waals surface area contributed by atoms with Gasteiger partial charge in [0.2, 0.25) is 0 Å². The smallest absolute Gasteiger partial charge is 0.175 e. The average Bonchev–Trinajstić information content (AvgIpc) is 2.73. The van der Waals surface area contributed by atoms with E-state index in [1.54, 1.807) is 0 Å². The maximum atomic E-state index is 12.1. The van der Waals surface area contributed by atoms with E-state index in [0.29, 0.717) is 15.6 Å². The van der Waals surface area contributed by atoms with Crippen LogP contribution in [0.2, 0.25) is 0 Å². The quantitative estimate of drug-likeness (QED) is 0.802. The molecule has 0 aliphatic carbocycles. The molecule has 0 unspecified atom stereocenters. The van der Waals surface area contributed by atoms with Gasteiger partial charge in [-0.2, -0.15) is 23.1 Å². The topological polar surface area (TPSA) is 30.7 Å². The summed E-state index contributed by atoms with van der Waals surface area (Å²) in [4.78, 5) is 0.660. The van der Waals surface area contributed by atoms with Crippen LogP contribution in [0, 0.1) is 0 Å². The lowest BCUT2D eigenvalue weighted by Gasteiger charge is -2.03. The highest BCUT2D eigenvalue weighted by molar-refractivity contribution is 7.98. The fourth-order valence-electron chi connectivity index (χ4n) is 1.32. The number of halogens is 3. The van der Waals surface area contributed by atoms with E-state index in [0.717, 1.165) is 5.56 Å². The van der Waals surface area contributed by atoms with Gasteiger partial charge in [0.25, 0.3) is 0 Å². The Balaban J connectivity index is 1.91. The lowest BCUT2D eigenvalue weighted by atomic mass is 10.2. The maximum Gasteiger partial charge on any atom is 0.409 e. The molecule has 96 valence electrons. The number of hydrogen-bond acceptors (Lipinski definition) is 3. The van der Waals surface area contributed by atoms with Crippen LogP contribution in [0.25, 0.3) is 0 Å². The molecule has 3 nitrogen and oxygen atoms in total. The maximum absolute atomic E-state index is 12.1. The van der Waals surface area contributed by atoms with Gasteiger partial charge in [0.1, 0.15) is 5.03 Å². The minimum atomic E-state index is -4.29. The lowest BCUT2D eigenvalue weighted by Crippen LogP contribution is -2.19. The van der Waals surface area contributed by atoms with Crippen molar-refractivity contribution in [3.8, 4) is 0 Å². The van der Waals surface area contributed by atoms with E-state index in [2.05, 4.69) is 10.2 Å². The van der Waals surface area contributed by atoms with E-state index in [4.69, 9.17) is 0 Å². The van der Waals surface area contributed by atoms with Crippen LogP contribution >= 0.6 is 11.8 Å². The van der Waals surface area contributed by atoms with Crippen LogP contribution in [0.1, 0.15) is 5.56 Å². The molecular weight excluding hydrogens is 263 g/mol. The molecule has 0 saturated heterocycles. The van der Waals surface area contributed by atoms with Crippen LogP contribution in [0.3, 0.4) is 0 Å². The summed E-state index contributed by atoms with van der Waals surface area (Å²) in [5.41, 5.74) is 1.09. The molecule has 0 atom stereocenters. The molecule has 2 aromatic rings. The van der Waals surface area contributed by atoms with Gasteiger partial charge in [-0.25, -0.2) is 0 Å². The molecular formula is C11H10F3N3S. The van der Waals surface area contributed by atoms with E-state index in [1.807, 2.05) is 30.3 Å². The first-order chi connectivity index (χ1) is 8.53. The van der Waals surface area contributed by atoms with Crippen molar-refractivity contribution in [2.45, 2.75) is 23.5 Å². The highest BCUT2D eigenvalue weighted by atomic mass is 32.2.